The predicted molar refractivity (Wildman–Crippen MR) is 101 cm³/mol. The lowest BCUT2D eigenvalue weighted by atomic mass is 10.2. The fourth-order valence-corrected chi connectivity index (χ4v) is 2.82. The number of nitrogens with one attached hydrogen (secondary N) is 1. The summed E-state index contributed by atoms with van der Waals surface area (Å²) in [7, 11) is 1.43. The minimum Gasteiger partial charge on any atom is -0.477 e. The number of hydrogen-bond acceptors (Lipinski definition) is 6. The minimum absolute atomic E-state index is 0.0167. The first-order valence-corrected chi connectivity index (χ1v) is 8.50. The molecule has 1 atom stereocenters. The second-order valence-electron chi connectivity index (χ2n) is 5.40. The Morgan fingerprint density at radius 2 is 2.27 bits per heavy atom. The quantitative estimate of drug-likeness (QED) is 0.645. The van der Waals surface area contributed by atoms with Gasteiger partial charge in [0.1, 0.15) is 29.6 Å². The molecule has 0 fully saturated rings. The molecule has 0 saturated carbocycles. The Bertz CT molecular complexity index is 960. The first-order valence-electron chi connectivity index (χ1n) is 7.42. The summed E-state index contributed by atoms with van der Waals surface area (Å²) >= 11 is 1.97. The third-order valence-electron chi connectivity index (χ3n) is 3.64. The zero-order chi connectivity index (χ0) is 18.8. The van der Waals surface area contributed by atoms with E-state index in [-0.39, 0.29) is 29.4 Å². The van der Waals surface area contributed by atoms with Gasteiger partial charge in [0, 0.05) is 16.7 Å². The molecule has 3 rings (SSSR count). The van der Waals surface area contributed by atoms with Crippen LogP contribution in [-0.4, -0.2) is 29.7 Å². The summed E-state index contributed by atoms with van der Waals surface area (Å²) in [4.78, 5) is 28.2. The van der Waals surface area contributed by atoms with E-state index >= 15 is 0 Å². The van der Waals surface area contributed by atoms with Crippen LogP contribution in [0.2, 0.25) is 0 Å². The molecule has 1 amide bonds. The molecular weight excluding hydrogens is 458 g/mol. The van der Waals surface area contributed by atoms with Crippen molar-refractivity contribution >= 4 is 46.4 Å². The zero-order valence-electron chi connectivity index (χ0n) is 13.5. The highest BCUT2D eigenvalue weighted by atomic mass is 127. The summed E-state index contributed by atoms with van der Waals surface area (Å²) in [5, 5.41) is 2.76. The van der Waals surface area contributed by atoms with Gasteiger partial charge in [0.25, 0.3) is 11.5 Å². The molecule has 1 aromatic carbocycles. The molecule has 2 aromatic rings. The van der Waals surface area contributed by atoms with Gasteiger partial charge in [0.05, 0.1) is 5.69 Å². The van der Waals surface area contributed by atoms with Gasteiger partial charge < -0.3 is 20.5 Å². The van der Waals surface area contributed by atoms with Crippen LogP contribution in [0.3, 0.4) is 0 Å². The van der Waals surface area contributed by atoms with Crippen molar-refractivity contribution < 1.29 is 18.7 Å². The SMILES string of the molecule is Cn1c(Nc2ccc(I)cc2F)c(C(N)=O)c(OC2COC=N2)cc1=O. The maximum atomic E-state index is 14.2. The molecule has 0 saturated heterocycles. The molecule has 0 spiro atoms. The lowest BCUT2D eigenvalue weighted by Gasteiger charge is -2.19. The lowest BCUT2D eigenvalue weighted by molar-refractivity contribution is 0.0990. The van der Waals surface area contributed by atoms with Gasteiger partial charge in [-0.05, 0) is 40.8 Å². The molecule has 1 aliphatic rings. The molecule has 1 aromatic heterocycles. The lowest BCUT2D eigenvalue weighted by Crippen LogP contribution is -2.27. The highest BCUT2D eigenvalue weighted by Crippen LogP contribution is 2.29. The number of aromatic nitrogens is 1. The molecule has 0 aliphatic carbocycles. The summed E-state index contributed by atoms with van der Waals surface area (Å²) in [5.41, 5.74) is 5.01. The Kier molecular flexibility index (Phi) is 5.11. The number of carbonyl (C=O) groups excluding carboxylic acids is 1. The number of halogens is 2. The van der Waals surface area contributed by atoms with E-state index in [9.17, 15) is 14.0 Å². The van der Waals surface area contributed by atoms with Gasteiger partial charge in [-0.3, -0.25) is 14.2 Å². The molecule has 136 valence electrons. The predicted octanol–water partition coefficient (Wildman–Crippen LogP) is 1.73. The van der Waals surface area contributed by atoms with Gasteiger partial charge in [-0.15, -0.1) is 0 Å². The van der Waals surface area contributed by atoms with Crippen molar-refractivity contribution in [1.82, 2.24) is 4.57 Å². The summed E-state index contributed by atoms with van der Waals surface area (Å²) in [5.74, 6) is -1.42. The number of rotatable bonds is 5. The van der Waals surface area contributed by atoms with Gasteiger partial charge in [-0.2, -0.15) is 0 Å². The zero-order valence-corrected chi connectivity index (χ0v) is 15.7. The number of nitrogens with two attached hydrogens (primary N) is 1. The van der Waals surface area contributed by atoms with Crippen molar-refractivity contribution in [3.63, 3.8) is 0 Å². The smallest absolute Gasteiger partial charge is 0.256 e. The van der Waals surface area contributed by atoms with E-state index in [0.717, 1.165) is 10.6 Å². The van der Waals surface area contributed by atoms with Gasteiger partial charge in [0.2, 0.25) is 6.23 Å². The van der Waals surface area contributed by atoms with Crippen LogP contribution >= 0.6 is 22.6 Å². The molecule has 8 nitrogen and oxygen atoms in total. The molecule has 10 heteroatoms. The van der Waals surface area contributed by atoms with Crippen LogP contribution in [0.25, 0.3) is 0 Å². The minimum atomic E-state index is -0.841. The Morgan fingerprint density at radius 3 is 2.88 bits per heavy atom. The standard InChI is InChI=1S/C16H14FIN4O4/c1-22-13(23)5-11(26-12-6-25-7-20-12)14(15(19)24)16(22)21-10-3-2-8(18)4-9(10)17/h2-5,7,12,21H,6H2,1H3,(H2,19,24). The van der Waals surface area contributed by atoms with E-state index in [4.69, 9.17) is 15.2 Å². The summed E-state index contributed by atoms with van der Waals surface area (Å²) in [6, 6.07) is 5.62. The van der Waals surface area contributed by atoms with E-state index in [2.05, 4.69) is 10.3 Å². The summed E-state index contributed by atoms with van der Waals surface area (Å²) in [6.07, 6.45) is 0.513. The van der Waals surface area contributed by atoms with Crippen LogP contribution < -0.4 is 21.3 Å². The van der Waals surface area contributed by atoms with Crippen LogP contribution in [0.15, 0.2) is 34.1 Å². The van der Waals surface area contributed by atoms with Crippen LogP contribution in [0.4, 0.5) is 15.9 Å². The second kappa shape index (κ2) is 7.32. The number of primary amides is 1. The third kappa shape index (κ3) is 3.64. The van der Waals surface area contributed by atoms with Crippen molar-refractivity contribution in [1.29, 1.82) is 0 Å². The number of hydrogen-bond donors (Lipinski definition) is 2. The van der Waals surface area contributed by atoms with Crippen molar-refractivity contribution in [2.45, 2.75) is 6.23 Å². The van der Waals surface area contributed by atoms with Crippen molar-refractivity contribution in [2.75, 3.05) is 11.9 Å². The number of carbonyl (C=O) groups is 1. The Balaban J connectivity index is 2.09. The summed E-state index contributed by atoms with van der Waals surface area (Å²) < 4.78 is 26.6. The fourth-order valence-electron chi connectivity index (χ4n) is 2.36. The van der Waals surface area contributed by atoms with Gasteiger partial charge in [-0.25, -0.2) is 9.38 Å². The molecule has 2 heterocycles. The number of ether oxygens (including phenoxy) is 2. The average Bonchev–Trinajstić information content (AvgIpc) is 3.07. The van der Waals surface area contributed by atoms with Crippen LogP contribution in [0.5, 0.6) is 5.75 Å². The molecular formula is C16H14FIN4O4. The van der Waals surface area contributed by atoms with Gasteiger partial charge in [0.15, 0.2) is 6.40 Å². The van der Waals surface area contributed by atoms with Crippen molar-refractivity contribution in [2.24, 2.45) is 17.8 Å². The number of nitrogens with zero attached hydrogens (tertiary/aromatic N) is 2. The monoisotopic (exact) mass is 472 g/mol. The number of pyridine rings is 1. The topological polar surface area (TPSA) is 108 Å². The third-order valence-corrected chi connectivity index (χ3v) is 4.31. The van der Waals surface area contributed by atoms with Crippen LogP contribution in [0, 0.1) is 9.39 Å². The maximum absolute atomic E-state index is 14.2. The van der Waals surface area contributed by atoms with Crippen molar-refractivity contribution in [3.05, 3.63) is 49.6 Å². The highest BCUT2D eigenvalue weighted by molar-refractivity contribution is 14.1. The first kappa shape index (κ1) is 18.2. The van der Waals surface area contributed by atoms with Gasteiger partial charge in [-0.1, -0.05) is 0 Å². The number of anilines is 2. The van der Waals surface area contributed by atoms with E-state index in [1.807, 2.05) is 22.6 Å². The normalized spacial score (nSPS) is 15.6. The Labute approximate surface area is 160 Å². The second-order valence-corrected chi connectivity index (χ2v) is 6.65. The molecule has 1 aliphatic heterocycles. The fraction of sp³-hybridized carbons (Fsp3) is 0.188. The number of aliphatic imine (C=N–C) groups is 1. The van der Waals surface area contributed by atoms with E-state index in [0.29, 0.717) is 3.57 Å². The van der Waals surface area contributed by atoms with E-state index in [1.54, 1.807) is 6.07 Å². The van der Waals surface area contributed by atoms with Crippen molar-refractivity contribution in [3.8, 4) is 5.75 Å². The summed E-state index contributed by atoms with van der Waals surface area (Å²) in [6.45, 7) is 0.141. The number of benzene rings is 1. The Morgan fingerprint density at radius 1 is 1.50 bits per heavy atom. The van der Waals surface area contributed by atoms with Crippen LogP contribution in [0.1, 0.15) is 10.4 Å². The van der Waals surface area contributed by atoms with Gasteiger partial charge >= 0.3 is 0 Å². The first-order chi connectivity index (χ1) is 12.4. The number of amides is 1. The molecule has 0 bridgehead atoms. The van der Waals surface area contributed by atoms with E-state index in [1.165, 1.54) is 25.6 Å². The maximum Gasteiger partial charge on any atom is 0.256 e. The molecule has 3 N–H and O–H groups in total. The van der Waals surface area contributed by atoms with E-state index < -0.39 is 23.5 Å². The highest BCUT2D eigenvalue weighted by Gasteiger charge is 2.24. The van der Waals surface area contributed by atoms with Crippen LogP contribution in [-0.2, 0) is 11.8 Å². The molecule has 26 heavy (non-hydrogen) atoms. The molecule has 0 radical (unpaired) electrons. The Hall–Kier alpha value is -2.63. The molecule has 1 unspecified atom stereocenters. The largest absolute Gasteiger partial charge is 0.477 e. The average molecular weight is 472 g/mol.